The first-order chi connectivity index (χ1) is 12.8. The van der Waals surface area contributed by atoms with E-state index in [2.05, 4.69) is 35.4 Å². The second-order valence-electron chi connectivity index (χ2n) is 6.45. The molecule has 0 spiro atoms. The Hall–Kier alpha value is -2.99. The van der Waals surface area contributed by atoms with Crippen molar-refractivity contribution in [3.63, 3.8) is 0 Å². The number of aromatic nitrogens is 1. The molecule has 3 nitrogen and oxygen atoms in total. The Kier molecular flexibility index (Phi) is 6.50. The zero-order valence-corrected chi connectivity index (χ0v) is 14.9. The lowest BCUT2D eigenvalue weighted by Crippen LogP contribution is -1.97. The highest BCUT2D eigenvalue weighted by atomic mass is 16.5. The second kappa shape index (κ2) is 9.48. The van der Waals surface area contributed by atoms with Crippen LogP contribution in [0.25, 0.3) is 11.1 Å². The number of rotatable bonds is 9. The molecule has 1 aromatic heterocycles. The second-order valence-corrected chi connectivity index (χ2v) is 6.45. The van der Waals surface area contributed by atoms with Crippen molar-refractivity contribution in [1.82, 2.24) is 4.98 Å². The number of nitrogens with one attached hydrogen (secondary N) is 1. The zero-order chi connectivity index (χ0) is 18.0. The minimum atomic E-state index is 0.682. The lowest BCUT2D eigenvalue weighted by Gasteiger charge is -2.08. The Morgan fingerprint density at radius 1 is 0.808 bits per heavy atom. The Morgan fingerprint density at radius 2 is 1.50 bits per heavy atom. The van der Waals surface area contributed by atoms with Crippen molar-refractivity contribution in [2.45, 2.75) is 32.1 Å². The standard InChI is InChI=1S/C23H24N2O/c24-17-19-6-8-21(9-7-19)22-10-12-23(13-11-22)26-16-4-2-1-3-5-20-14-15-25-18-20/h6-15,18,25H,1-5,16H2. The number of H-pyrrole nitrogens is 1. The van der Waals surface area contributed by atoms with Crippen LogP contribution >= 0.6 is 0 Å². The van der Waals surface area contributed by atoms with Gasteiger partial charge in [0, 0.05) is 12.4 Å². The summed E-state index contributed by atoms with van der Waals surface area (Å²) >= 11 is 0. The molecule has 0 aliphatic carbocycles. The van der Waals surface area contributed by atoms with Crippen LogP contribution in [0, 0.1) is 11.3 Å². The van der Waals surface area contributed by atoms with E-state index in [1.54, 1.807) is 0 Å². The number of hydrogen-bond acceptors (Lipinski definition) is 2. The van der Waals surface area contributed by atoms with Gasteiger partial charge in [-0.1, -0.05) is 37.1 Å². The summed E-state index contributed by atoms with van der Waals surface area (Å²) in [5, 5.41) is 8.86. The van der Waals surface area contributed by atoms with Crippen molar-refractivity contribution < 1.29 is 4.74 Å². The Morgan fingerprint density at radius 3 is 2.15 bits per heavy atom. The molecule has 0 unspecified atom stereocenters. The maximum Gasteiger partial charge on any atom is 0.119 e. The van der Waals surface area contributed by atoms with Gasteiger partial charge in [0.2, 0.25) is 0 Å². The molecule has 1 heterocycles. The molecule has 1 N–H and O–H groups in total. The molecule has 0 saturated heterocycles. The molecular weight excluding hydrogens is 320 g/mol. The molecule has 2 aromatic carbocycles. The van der Waals surface area contributed by atoms with Gasteiger partial charge in [-0.05, 0) is 66.3 Å². The van der Waals surface area contributed by atoms with Crippen molar-refractivity contribution in [2.24, 2.45) is 0 Å². The van der Waals surface area contributed by atoms with Crippen LogP contribution in [-0.4, -0.2) is 11.6 Å². The van der Waals surface area contributed by atoms with Gasteiger partial charge < -0.3 is 9.72 Å². The molecule has 0 aliphatic heterocycles. The quantitative estimate of drug-likeness (QED) is 0.504. The average Bonchev–Trinajstić information content (AvgIpc) is 3.21. The van der Waals surface area contributed by atoms with E-state index in [1.165, 1.54) is 24.8 Å². The number of nitrogens with zero attached hydrogens (tertiary/aromatic N) is 1. The molecule has 0 amide bonds. The van der Waals surface area contributed by atoms with E-state index in [9.17, 15) is 0 Å². The summed E-state index contributed by atoms with van der Waals surface area (Å²) in [6.45, 7) is 0.764. The third-order valence-corrected chi connectivity index (χ3v) is 4.49. The molecule has 0 aliphatic rings. The maximum absolute atomic E-state index is 8.86. The van der Waals surface area contributed by atoms with Gasteiger partial charge in [0.25, 0.3) is 0 Å². The molecule has 3 rings (SSSR count). The molecule has 0 fully saturated rings. The number of ether oxygens (including phenoxy) is 1. The van der Waals surface area contributed by atoms with Crippen molar-refractivity contribution in [1.29, 1.82) is 5.26 Å². The van der Waals surface area contributed by atoms with Crippen LogP contribution in [0.1, 0.15) is 36.8 Å². The van der Waals surface area contributed by atoms with E-state index >= 15 is 0 Å². The van der Waals surface area contributed by atoms with Gasteiger partial charge in [-0.3, -0.25) is 0 Å². The number of benzene rings is 2. The average molecular weight is 344 g/mol. The highest BCUT2D eigenvalue weighted by molar-refractivity contribution is 5.64. The van der Waals surface area contributed by atoms with Crippen LogP contribution < -0.4 is 4.74 Å². The van der Waals surface area contributed by atoms with E-state index in [1.807, 2.05) is 42.6 Å². The predicted octanol–water partition coefficient (Wildman–Crippen LogP) is 5.74. The number of hydrogen-bond donors (Lipinski definition) is 1. The third-order valence-electron chi connectivity index (χ3n) is 4.49. The van der Waals surface area contributed by atoms with E-state index in [0.29, 0.717) is 5.56 Å². The summed E-state index contributed by atoms with van der Waals surface area (Å²) in [4.78, 5) is 3.10. The van der Waals surface area contributed by atoms with Gasteiger partial charge >= 0.3 is 0 Å². The zero-order valence-electron chi connectivity index (χ0n) is 14.9. The smallest absolute Gasteiger partial charge is 0.119 e. The summed E-state index contributed by atoms with van der Waals surface area (Å²) in [5.74, 6) is 0.912. The van der Waals surface area contributed by atoms with Crippen molar-refractivity contribution in [3.8, 4) is 22.9 Å². The van der Waals surface area contributed by atoms with Gasteiger partial charge in [-0.15, -0.1) is 0 Å². The Labute approximate surface area is 155 Å². The lowest BCUT2D eigenvalue weighted by atomic mass is 10.0. The summed E-state index contributed by atoms with van der Waals surface area (Å²) in [6.07, 6.45) is 9.98. The topological polar surface area (TPSA) is 48.8 Å². The van der Waals surface area contributed by atoms with E-state index < -0.39 is 0 Å². The van der Waals surface area contributed by atoms with E-state index in [-0.39, 0.29) is 0 Å². The van der Waals surface area contributed by atoms with Gasteiger partial charge in [0.05, 0.1) is 18.2 Å². The van der Waals surface area contributed by atoms with E-state index in [0.717, 1.165) is 36.3 Å². The van der Waals surface area contributed by atoms with Crippen LogP contribution in [0.5, 0.6) is 5.75 Å². The van der Waals surface area contributed by atoms with Gasteiger partial charge in [-0.25, -0.2) is 0 Å². The predicted molar refractivity (Wildman–Crippen MR) is 105 cm³/mol. The van der Waals surface area contributed by atoms with Crippen LogP contribution in [-0.2, 0) is 6.42 Å². The summed E-state index contributed by atoms with van der Waals surface area (Å²) in [5.41, 5.74) is 4.31. The Bertz CT molecular complexity index is 812. The number of aryl methyl sites for hydroxylation is 1. The van der Waals surface area contributed by atoms with Crippen LogP contribution in [0.4, 0.5) is 0 Å². The Balaban J connectivity index is 1.35. The van der Waals surface area contributed by atoms with Gasteiger partial charge in [-0.2, -0.15) is 5.26 Å². The lowest BCUT2D eigenvalue weighted by molar-refractivity contribution is 0.304. The van der Waals surface area contributed by atoms with Crippen molar-refractivity contribution in [2.75, 3.05) is 6.61 Å². The summed E-state index contributed by atoms with van der Waals surface area (Å²) in [6, 6.07) is 20.1. The molecule has 132 valence electrons. The van der Waals surface area contributed by atoms with Crippen LogP contribution in [0.15, 0.2) is 67.0 Å². The van der Waals surface area contributed by atoms with Crippen molar-refractivity contribution >= 4 is 0 Å². The third kappa shape index (κ3) is 5.26. The maximum atomic E-state index is 8.86. The fraction of sp³-hybridized carbons (Fsp3) is 0.261. The fourth-order valence-corrected chi connectivity index (χ4v) is 2.97. The molecular formula is C23H24N2O. The summed E-state index contributed by atoms with van der Waals surface area (Å²) in [7, 11) is 0. The first kappa shape index (κ1) is 17.8. The molecule has 3 heteroatoms. The van der Waals surface area contributed by atoms with Gasteiger partial charge in [0.1, 0.15) is 5.75 Å². The molecule has 3 aromatic rings. The fourth-order valence-electron chi connectivity index (χ4n) is 2.97. The highest BCUT2D eigenvalue weighted by Crippen LogP contribution is 2.23. The van der Waals surface area contributed by atoms with Gasteiger partial charge in [0.15, 0.2) is 0 Å². The van der Waals surface area contributed by atoms with Crippen LogP contribution in [0.2, 0.25) is 0 Å². The van der Waals surface area contributed by atoms with E-state index in [4.69, 9.17) is 10.00 Å². The molecule has 0 saturated carbocycles. The van der Waals surface area contributed by atoms with Crippen LogP contribution in [0.3, 0.4) is 0 Å². The molecule has 0 radical (unpaired) electrons. The first-order valence-corrected chi connectivity index (χ1v) is 9.20. The molecule has 0 bridgehead atoms. The minimum absolute atomic E-state index is 0.682. The summed E-state index contributed by atoms with van der Waals surface area (Å²) < 4.78 is 5.84. The normalized spacial score (nSPS) is 10.4. The number of unbranched alkanes of at least 4 members (excludes halogenated alkanes) is 3. The first-order valence-electron chi connectivity index (χ1n) is 9.20. The minimum Gasteiger partial charge on any atom is -0.494 e. The number of nitriles is 1. The molecule has 0 atom stereocenters. The SMILES string of the molecule is N#Cc1ccc(-c2ccc(OCCCCCCc3cc[nH]c3)cc2)cc1. The highest BCUT2D eigenvalue weighted by Gasteiger charge is 2.00. The van der Waals surface area contributed by atoms with Crippen molar-refractivity contribution in [3.05, 3.63) is 78.1 Å². The monoisotopic (exact) mass is 344 g/mol. The number of aromatic amines is 1. The molecule has 26 heavy (non-hydrogen) atoms. The largest absolute Gasteiger partial charge is 0.494 e.